The summed E-state index contributed by atoms with van der Waals surface area (Å²) in [6, 6.07) is 46.1. The van der Waals surface area contributed by atoms with E-state index in [2.05, 4.69) is 148 Å². The molecule has 0 fully saturated rings. The van der Waals surface area contributed by atoms with Gasteiger partial charge < -0.3 is 4.40 Å². The number of benzene rings is 5. The zero-order chi connectivity index (χ0) is 34.0. The molecule has 3 nitrogen and oxygen atoms in total. The summed E-state index contributed by atoms with van der Waals surface area (Å²) in [6.07, 6.45) is 5.29. The quantitative estimate of drug-likeness (QED) is 0.141. The number of thiophene rings is 1. The molecule has 52 heavy (non-hydrogen) atoms. The summed E-state index contributed by atoms with van der Waals surface area (Å²) in [6.45, 7) is 7.32. The number of rotatable bonds is 0. The lowest BCUT2D eigenvalue weighted by atomic mass is 9.62. The second kappa shape index (κ2) is 9.33. The molecule has 13 rings (SSSR count). The summed E-state index contributed by atoms with van der Waals surface area (Å²) in [7, 11) is 0. The van der Waals surface area contributed by atoms with Gasteiger partial charge in [-0.1, -0.05) is 60.7 Å². The van der Waals surface area contributed by atoms with E-state index in [-0.39, 0.29) is 11.5 Å². The zero-order valence-corrected chi connectivity index (χ0v) is 29.6. The monoisotopic (exact) mass is 683 g/mol. The minimum Gasteiger partial charge on any atom is -0.307 e. The van der Waals surface area contributed by atoms with Crippen LogP contribution in [0.1, 0.15) is 34.7 Å². The van der Waals surface area contributed by atoms with Gasteiger partial charge in [-0.2, -0.15) is 9.13 Å². The van der Waals surface area contributed by atoms with Gasteiger partial charge in [-0.25, -0.2) is 0 Å². The van der Waals surface area contributed by atoms with E-state index in [0.29, 0.717) is 0 Å². The van der Waals surface area contributed by atoms with Gasteiger partial charge in [0.05, 0.1) is 28.0 Å². The van der Waals surface area contributed by atoms with Gasteiger partial charge in [-0.05, 0) is 79.9 Å². The largest absolute Gasteiger partial charge is 0.307 e. The average molecular weight is 684 g/mol. The predicted molar refractivity (Wildman–Crippen MR) is 215 cm³/mol. The maximum absolute atomic E-state index is 5.04. The molecule has 5 aromatic heterocycles. The van der Waals surface area contributed by atoms with E-state index in [1.54, 1.807) is 0 Å². The van der Waals surface area contributed by atoms with Crippen LogP contribution in [0.4, 0.5) is 0 Å². The van der Waals surface area contributed by atoms with Crippen LogP contribution in [0.5, 0.6) is 0 Å². The summed E-state index contributed by atoms with van der Waals surface area (Å²) >= 11 is 1.91. The SMILES string of the molecule is C=C1[n+]2ccccc2-c2ccccc2CCC2c3cc4c(cc3-c3ccc(C)c5[n+]3C12C5)c1cccc2c3ccc5sc6ccccc6c5c3n4c12. The molecule has 0 amide bonds. The number of nitrogens with zero attached hydrogens (tertiary/aromatic N) is 3. The highest BCUT2D eigenvalue weighted by Gasteiger charge is 2.68. The van der Waals surface area contributed by atoms with Crippen molar-refractivity contribution >= 4 is 75.3 Å². The molecule has 0 bridgehead atoms. The Morgan fingerprint density at radius 3 is 2.46 bits per heavy atom. The van der Waals surface area contributed by atoms with Crippen LogP contribution in [0, 0.1) is 6.92 Å². The Kier molecular flexibility index (Phi) is 4.99. The van der Waals surface area contributed by atoms with Crippen molar-refractivity contribution in [1.82, 2.24) is 4.40 Å². The van der Waals surface area contributed by atoms with E-state index in [1.807, 2.05) is 11.3 Å². The molecule has 3 aliphatic heterocycles. The highest BCUT2D eigenvalue weighted by Crippen LogP contribution is 2.56. The molecular formula is C48H33N3S+2. The molecule has 0 N–H and O–H groups in total. The molecule has 0 radical (unpaired) electrons. The maximum atomic E-state index is 5.04. The fraction of sp³-hybridized carbons (Fsp3) is 0.125. The number of allylic oxidation sites excluding steroid dienone is 1. The molecule has 5 aromatic carbocycles. The lowest BCUT2D eigenvalue weighted by Gasteiger charge is -2.45. The number of para-hydroxylation sites is 1. The van der Waals surface area contributed by atoms with Crippen LogP contribution >= 0.6 is 11.3 Å². The number of pyridine rings is 2. The molecule has 10 aromatic rings. The highest BCUT2D eigenvalue weighted by atomic mass is 32.1. The molecule has 4 heteroatoms. The topological polar surface area (TPSA) is 12.2 Å². The van der Waals surface area contributed by atoms with Gasteiger partial charge in [0.1, 0.15) is 6.42 Å². The Labute approximate surface area is 304 Å². The first-order valence-corrected chi connectivity index (χ1v) is 19.3. The molecular weight excluding hydrogens is 651 g/mol. The number of fused-ring (bicyclic) bond motifs is 16. The van der Waals surface area contributed by atoms with Crippen molar-refractivity contribution in [2.24, 2.45) is 0 Å². The van der Waals surface area contributed by atoms with Crippen molar-refractivity contribution in [3.05, 3.63) is 156 Å². The van der Waals surface area contributed by atoms with E-state index < -0.39 is 0 Å². The van der Waals surface area contributed by atoms with Crippen molar-refractivity contribution in [1.29, 1.82) is 0 Å². The van der Waals surface area contributed by atoms with Gasteiger partial charge in [-0.3, -0.25) is 0 Å². The summed E-state index contributed by atoms with van der Waals surface area (Å²) in [5.74, 6) is 0.252. The Balaban J connectivity index is 1.18. The van der Waals surface area contributed by atoms with Gasteiger partial charge >= 0.3 is 0 Å². The Hall–Kier alpha value is -5.84. The second-order valence-electron chi connectivity index (χ2n) is 15.4. The minimum absolute atomic E-state index is 0.252. The standard InChI is InChI=1S/C48H33N3S/c1-27-17-21-40-37-24-36-32-14-9-13-31-33-19-22-44-45(34-12-5-6-16-43(34)52-44)47(33)50(46(31)32)41(36)25-35(37)38-20-18-29-10-3-4-11-30(29)39-15-7-8-23-49(39)28(2)48(38)26-42(27)51(40)48/h3-17,19,21-25,38H,2,18,20,26H2,1H3/q+2. The van der Waals surface area contributed by atoms with E-state index in [0.717, 1.165) is 19.3 Å². The third kappa shape index (κ3) is 3.09. The molecule has 2 atom stereocenters. The van der Waals surface area contributed by atoms with E-state index in [1.165, 1.54) is 109 Å². The summed E-state index contributed by atoms with van der Waals surface area (Å²) in [5.41, 5.74) is 15.8. The Morgan fingerprint density at radius 2 is 1.52 bits per heavy atom. The Bertz CT molecular complexity index is 3270. The first-order chi connectivity index (χ1) is 25.6. The highest BCUT2D eigenvalue weighted by molar-refractivity contribution is 7.26. The summed E-state index contributed by atoms with van der Waals surface area (Å²) in [5, 5.41) is 8.08. The van der Waals surface area contributed by atoms with Crippen molar-refractivity contribution in [2.45, 2.75) is 37.6 Å². The summed E-state index contributed by atoms with van der Waals surface area (Å²) < 4.78 is 10.5. The normalized spacial score (nSPS) is 18.9. The maximum Gasteiger partial charge on any atom is 0.267 e. The van der Waals surface area contributed by atoms with Crippen molar-refractivity contribution in [2.75, 3.05) is 0 Å². The first kappa shape index (κ1) is 27.8. The fourth-order valence-electron chi connectivity index (χ4n) is 10.9. The molecule has 0 aliphatic carbocycles. The predicted octanol–water partition coefficient (Wildman–Crippen LogP) is 10.9. The molecule has 2 unspecified atom stereocenters. The van der Waals surface area contributed by atoms with Crippen LogP contribution in [0.15, 0.2) is 134 Å². The van der Waals surface area contributed by atoms with E-state index >= 15 is 0 Å². The van der Waals surface area contributed by atoms with Gasteiger partial charge in [0.25, 0.3) is 11.2 Å². The van der Waals surface area contributed by atoms with Crippen molar-refractivity contribution < 1.29 is 9.13 Å². The Morgan fingerprint density at radius 1 is 0.712 bits per heavy atom. The molecule has 0 saturated heterocycles. The average Bonchev–Trinajstić information content (AvgIpc) is 3.83. The minimum atomic E-state index is -0.267. The van der Waals surface area contributed by atoms with E-state index in [9.17, 15) is 0 Å². The van der Waals surface area contributed by atoms with Crippen molar-refractivity contribution in [3.63, 3.8) is 0 Å². The van der Waals surface area contributed by atoms with E-state index in [4.69, 9.17) is 6.58 Å². The van der Waals surface area contributed by atoms with Crippen LogP contribution in [0.25, 0.3) is 86.5 Å². The lowest BCUT2D eigenvalue weighted by Crippen LogP contribution is -2.77. The van der Waals surface area contributed by atoms with Gasteiger partial charge in [0.15, 0.2) is 11.9 Å². The van der Waals surface area contributed by atoms with Crippen LogP contribution in [-0.2, 0) is 18.4 Å². The zero-order valence-electron chi connectivity index (χ0n) is 28.8. The molecule has 244 valence electrons. The smallest absolute Gasteiger partial charge is 0.267 e. The third-order valence-corrected chi connectivity index (χ3v) is 14.3. The summed E-state index contributed by atoms with van der Waals surface area (Å²) in [4.78, 5) is 0. The van der Waals surface area contributed by atoms with Crippen LogP contribution < -0.4 is 9.13 Å². The van der Waals surface area contributed by atoms with Gasteiger partial charge in [0.2, 0.25) is 11.4 Å². The van der Waals surface area contributed by atoms with Crippen LogP contribution in [-0.4, -0.2) is 4.40 Å². The molecule has 8 heterocycles. The second-order valence-corrected chi connectivity index (χ2v) is 16.4. The molecule has 3 aliphatic rings. The number of hydrogen-bond donors (Lipinski definition) is 0. The number of hydrogen-bond acceptors (Lipinski definition) is 1. The molecule has 0 saturated carbocycles. The van der Waals surface area contributed by atoms with Gasteiger partial charge in [0, 0.05) is 71.0 Å². The fourth-order valence-corrected chi connectivity index (χ4v) is 12.0. The third-order valence-electron chi connectivity index (χ3n) is 13.2. The van der Waals surface area contributed by atoms with Crippen LogP contribution in [0.3, 0.4) is 0 Å². The number of aromatic nitrogens is 3. The van der Waals surface area contributed by atoms with Crippen LogP contribution in [0.2, 0.25) is 0 Å². The van der Waals surface area contributed by atoms with Gasteiger partial charge in [-0.15, -0.1) is 11.3 Å². The van der Waals surface area contributed by atoms with Crippen molar-refractivity contribution in [3.8, 4) is 22.5 Å². The number of aryl methyl sites for hydroxylation is 2. The lowest BCUT2D eigenvalue weighted by molar-refractivity contribution is -0.809. The molecule has 1 spiro atoms. The first-order valence-electron chi connectivity index (χ1n) is 18.5.